The number of rotatable bonds is 5. The number of hydrogen-bond donors (Lipinski definition) is 0. The molecule has 112 valence electrons. The number of methoxy groups -OCH3 is 1. The van der Waals surface area contributed by atoms with Crippen molar-refractivity contribution < 1.29 is 9.66 Å². The number of ether oxygens (including phenoxy) is 1. The number of nitro groups is 1. The number of anilines is 1. The standard InChI is InChI=1S/C16H15N3O3/c1-18(11-12-4-3-5-15(8-12)22-2)16-7-6-14(19(20)21)9-13(16)10-17/h3-9H,11H2,1-2H3. The van der Waals surface area contributed by atoms with Gasteiger partial charge < -0.3 is 9.64 Å². The maximum atomic E-state index is 10.8. The molecule has 6 heteroatoms. The Hall–Kier alpha value is -3.07. The maximum Gasteiger partial charge on any atom is 0.270 e. The van der Waals surface area contributed by atoms with Crippen molar-refractivity contribution in [3.05, 3.63) is 63.7 Å². The van der Waals surface area contributed by atoms with Crippen molar-refractivity contribution in [3.63, 3.8) is 0 Å². The summed E-state index contributed by atoms with van der Waals surface area (Å²) in [6.07, 6.45) is 0. The fraction of sp³-hybridized carbons (Fsp3) is 0.188. The third-order valence-corrected chi connectivity index (χ3v) is 3.28. The minimum Gasteiger partial charge on any atom is -0.497 e. The lowest BCUT2D eigenvalue weighted by molar-refractivity contribution is -0.384. The van der Waals surface area contributed by atoms with Crippen molar-refractivity contribution in [2.75, 3.05) is 19.1 Å². The molecular formula is C16H15N3O3. The summed E-state index contributed by atoms with van der Waals surface area (Å²) in [5.41, 5.74) is 1.86. The van der Waals surface area contributed by atoms with Gasteiger partial charge in [0.2, 0.25) is 0 Å². The molecule has 0 unspecified atom stereocenters. The first-order chi connectivity index (χ1) is 10.5. The lowest BCUT2D eigenvalue weighted by Crippen LogP contribution is -2.17. The number of nitrogens with zero attached hydrogens (tertiary/aromatic N) is 3. The Morgan fingerprint density at radius 3 is 2.73 bits per heavy atom. The molecule has 0 aromatic heterocycles. The van der Waals surface area contributed by atoms with Crippen molar-refractivity contribution >= 4 is 11.4 Å². The minimum atomic E-state index is -0.507. The van der Waals surface area contributed by atoms with Crippen LogP contribution in [-0.2, 0) is 6.54 Å². The normalized spacial score (nSPS) is 9.86. The molecule has 0 spiro atoms. The van der Waals surface area contributed by atoms with Crippen LogP contribution in [-0.4, -0.2) is 19.1 Å². The van der Waals surface area contributed by atoms with Crippen LogP contribution in [0.5, 0.6) is 5.75 Å². The molecule has 0 radical (unpaired) electrons. The Kier molecular flexibility index (Phi) is 4.59. The molecule has 0 saturated heterocycles. The highest BCUT2D eigenvalue weighted by molar-refractivity contribution is 5.62. The van der Waals surface area contributed by atoms with Crippen molar-refractivity contribution in [2.24, 2.45) is 0 Å². The Bertz CT molecular complexity index is 738. The molecule has 2 aromatic rings. The van der Waals surface area contributed by atoms with Gasteiger partial charge in [0.1, 0.15) is 11.8 Å². The molecular weight excluding hydrogens is 282 g/mol. The topological polar surface area (TPSA) is 79.4 Å². The van der Waals surface area contributed by atoms with E-state index in [-0.39, 0.29) is 11.3 Å². The van der Waals surface area contributed by atoms with E-state index in [0.29, 0.717) is 12.2 Å². The Morgan fingerprint density at radius 1 is 1.32 bits per heavy atom. The van der Waals surface area contributed by atoms with Crippen LogP contribution < -0.4 is 9.64 Å². The molecule has 0 amide bonds. The molecule has 0 aliphatic carbocycles. The SMILES string of the molecule is COc1cccc(CN(C)c2ccc([N+](=O)[O-])cc2C#N)c1. The van der Waals surface area contributed by atoms with Crippen LogP contribution in [0.3, 0.4) is 0 Å². The predicted octanol–water partition coefficient (Wildman–Crippen LogP) is 3.11. The highest BCUT2D eigenvalue weighted by atomic mass is 16.6. The van der Waals surface area contributed by atoms with E-state index in [0.717, 1.165) is 11.3 Å². The van der Waals surface area contributed by atoms with Gasteiger partial charge in [-0.2, -0.15) is 5.26 Å². The summed E-state index contributed by atoms with van der Waals surface area (Å²) in [6.45, 7) is 0.559. The van der Waals surface area contributed by atoms with Gasteiger partial charge in [0, 0.05) is 25.7 Å². The summed E-state index contributed by atoms with van der Waals surface area (Å²) in [6, 6.07) is 13.9. The Morgan fingerprint density at radius 2 is 2.09 bits per heavy atom. The molecule has 0 bridgehead atoms. The molecule has 2 aromatic carbocycles. The van der Waals surface area contributed by atoms with E-state index in [1.54, 1.807) is 13.2 Å². The second-order valence-corrected chi connectivity index (χ2v) is 4.78. The van der Waals surface area contributed by atoms with E-state index in [9.17, 15) is 15.4 Å². The van der Waals surface area contributed by atoms with Gasteiger partial charge in [-0.3, -0.25) is 10.1 Å². The van der Waals surface area contributed by atoms with Gasteiger partial charge in [0.05, 0.1) is 23.3 Å². The zero-order valence-electron chi connectivity index (χ0n) is 12.3. The Balaban J connectivity index is 2.27. The van der Waals surface area contributed by atoms with Gasteiger partial charge >= 0.3 is 0 Å². The summed E-state index contributed by atoms with van der Waals surface area (Å²) in [5, 5.41) is 20.0. The third kappa shape index (κ3) is 3.33. The monoisotopic (exact) mass is 297 g/mol. The summed E-state index contributed by atoms with van der Waals surface area (Å²) in [4.78, 5) is 12.1. The van der Waals surface area contributed by atoms with E-state index < -0.39 is 4.92 Å². The fourth-order valence-corrected chi connectivity index (χ4v) is 2.19. The van der Waals surface area contributed by atoms with Crippen LogP contribution in [0.1, 0.15) is 11.1 Å². The first kappa shape index (κ1) is 15.3. The van der Waals surface area contributed by atoms with E-state index in [4.69, 9.17) is 4.74 Å². The predicted molar refractivity (Wildman–Crippen MR) is 82.9 cm³/mol. The summed E-state index contributed by atoms with van der Waals surface area (Å²) in [5.74, 6) is 0.759. The molecule has 22 heavy (non-hydrogen) atoms. The maximum absolute atomic E-state index is 10.8. The molecule has 0 fully saturated rings. The quantitative estimate of drug-likeness (QED) is 0.625. The van der Waals surface area contributed by atoms with Crippen LogP contribution in [0.4, 0.5) is 11.4 Å². The van der Waals surface area contributed by atoms with Crippen molar-refractivity contribution in [2.45, 2.75) is 6.54 Å². The highest BCUT2D eigenvalue weighted by Gasteiger charge is 2.13. The van der Waals surface area contributed by atoms with Crippen LogP contribution in [0.15, 0.2) is 42.5 Å². The van der Waals surface area contributed by atoms with Crippen molar-refractivity contribution in [1.29, 1.82) is 5.26 Å². The van der Waals surface area contributed by atoms with Gasteiger partial charge in [-0.05, 0) is 23.8 Å². The smallest absolute Gasteiger partial charge is 0.270 e. The number of nitriles is 1. The summed E-state index contributed by atoms with van der Waals surface area (Å²) in [7, 11) is 3.44. The number of hydrogen-bond acceptors (Lipinski definition) is 5. The zero-order chi connectivity index (χ0) is 16.1. The average Bonchev–Trinajstić information content (AvgIpc) is 2.54. The highest BCUT2D eigenvalue weighted by Crippen LogP contribution is 2.25. The second-order valence-electron chi connectivity index (χ2n) is 4.78. The van der Waals surface area contributed by atoms with Crippen molar-refractivity contribution in [1.82, 2.24) is 0 Å². The zero-order valence-corrected chi connectivity index (χ0v) is 12.3. The number of benzene rings is 2. The molecule has 0 aliphatic heterocycles. The first-order valence-electron chi connectivity index (χ1n) is 6.57. The van der Waals surface area contributed by atoms with Crippen LogP contribution in [0.2, 0.25) is 0 Å². The third-order valence-electron chi connectivity index (χ3n) is 3.28. The lowest BCUT2D eigenvalue weighted by Gasteiger charge is -2.20. The molecule has 0 aliphatic rings. The van der Waals surface area contributed by atoms with Gasteiger partial charge in [-0.1, -0.05) is 12.1 Å². The molecule has 2 rings (SSSR count). The van der Waals surface area contributed by atoms with Crippen LogP contribution in [0.25, 0.3) is 0 Å². The van der Waals surface area contributed by atoms with E-state index in [2.05, 4.69) is 0 Å². The number of non-ortho nitro benzene ring substituents is 1. The fourth-order valence-electron chi connectivity index (χ4n) is 2.19. The van der Waals surface area contributed by atoms with E-state index in [1.807, 2.05) is 42.3 Å². The van der Waals surface area contributed by atoms with E-state index in [1.165, 1.54) is 12.1 Å². The van der Waals surface area contributed by atoms with Gasteiger partial charge in [-0.25, -0.2) is 0 Å². The molecule has 6 nitrogen and oxygen atoms in total. The number of nitro benzene ring substituents is 1. The van der Waals surface area contributed by atoms with Crippen molar-refractivity contribution in [3.8, 4) is 11.8 Å². The van der Waals surface area contributed by atoms with Crippen LogP contribution in [0, 0.1) is 21.4 Å². The molecule has 0 saturated carbocycles. The molecule has 0 N–H and O–H groups in total. The van der Waals surface area contributed by atoms with Gasteiger partial charge in [0.15, 0.2) is 0 Å². The van der Waals surface area contributed by atoms with Crippen LogP contribution >= 0.6 is 0 Å². The Labute approximate surface area is 128 Å². The average molecular weight is 297 g/mol. The van der Waals surface area contributed by atoms with Gasteiger partial charge in [-0.15, -0.1) is 0 Å². The minimum absolute atomic E-state index is 0.0879. The molecule has 0 atom stereocenters. The van der Waals surface area contributed by atoms with Gasteiger partial charge in [0.25, 0.3) is 5.69 Å². The molecule has 0 heterocycles. The largest absolute Gasteiger partial charge is 0.497 e. The summed E-state index contributed by atoms with van der Waals surface area (Å²) >= 11 is 0. The second kappa shape index (κ2) is 6.59. The van der Waals surface area contributed by atoms with E-state index >= 15 is 0 Å². The lowest BCUT2D eigenvalue weighted by atomic mass is 10.1. The summed E-state index contributed by atoms with van der Waals surface area (Å²) < 4.78 is 5.18. The first-order valence-corrected chi connectivity index (χ1v) is 6.57.